The highest BCUT2D eigenvalue weighted by Crippen LogP contribution is 2.37. The van der Waals surface area contributed by atoms with E-state index in [0.717, 1.165) is 32.1 Å². The van der Waals surface area contributed by atoms with Crippen molar-refractivity contribution in [1.82, 2.24) is 5.32 Å². The second kappa shape index (κ2) is 11.0. The number of carbonyl (C=O) groups is 1. The molecule has 0 aliphatic heterocycles. The summed E-state index contributed by atoms with van der Waals surface area (Å²) in [7, 11) is 0. The summed E-state index contributed by atoms with van der Waals surface area (Å²) in [5.41, 5.74) is -0.453. The molecule has 2 N–H and O–H groups in total. The molecule has 1 aliphatic rings. The van der Waals surface area contributed by atoms with E-state index in [2.05, 4.69) is 19.2 Å². The topological polar surface area (TPSA) is 49.3 Å². The molecule has 1 amide bonds. The quantitative estimate of drug-likeness (QED) is 0.461. The van der Waals surface area contributed by atoms with Crippen LogP contribution in [0.2, 0.25) is 0 Å². The van der Waals surface area contributed by atoms with Crippen molar-refractivity contribution in [1.29, 1.82) is 0 Å². The van der Waals surface area contributed by atoms with Gasteiger partial charge in [-0.25, -0.2) is 0 Å². The smallest absolute Gasteiger partial charge is 0.223 e. The van der Waals surface area contributed by atoms with Crippen molar-refractivity contribution in [2.75, 3.05) is 6.54 Å². The lowest BCUT2D eigenvalue weighted by Crippen LogP contribution is -2.33. The van der Waals surface area contributed by atoms with Crippen LogP contribution in [0.1, 0.15) is 97.3 Å². The van der Waals surface area contributed by atoms with Gasteiger partial charge in [-0.05, 0) is 32.1 Å². The minimum atomic E-state index is -0.453. The van der Waals surface area contributed by atoms with Crippen molar-refractivity contribution in [3.63, 3.8) is 0 Å². The largest absolute Gasteiger partial charge is 0.390 e. The first-order valence-corrected chi connectivity index (χ1v) is 9.61. The van der Waals surface area contributed by atoms with Gasteiger partial charge in [0.2, 0.25) is 5.91 Å². The molecule has 0 unspecified atom stereocenters. The van der Waals surface area contributed by atoms with Gasteiger partial charge in [-0.15, -0.1) is 0 Å². The second-order valence-corrected chi connectivity index (χ2v) is 7.16. The van der Waals surface area contributed by atoms with Gasteiger partial charge in [0.15, 0.2) is 0 Å². The van der Waals surface area contributed by atoms with Gasteiger partial charge in [0, 0.05) is 12.5 Å². The molecule has 3 nitrogen and oxygen atoms in total. The van der Waals surface area contributed by atoms with E-state index in [-0.39, 0.29) is 11.8 Å². The Hall–Kier alpha value is -0.570. The SMILES string of the molecule is CCCCCCC(CCCCCC)C(=O)NCCC1(O)CC1. The van der Waals surface area contributed by atoms with Gasteiger partial charge in [-0.2, -0.15) is 0 Å². The van der Waals surface area contributed by atoms with E-state index in [1.807, 2.05) is 0 Å². The van der Waals surface area contributed by atoms with Gasteiger partial charge in [0.25, 0.3) is 0 Å². The molecule has 0 saturated heterocycles. The summed E-state index contributed by atoms with van der Waals surface area (Å²) >= 11 is 0. The number of aliphatic hydroxyl groups is 1. The number of rotatable bonds is 14. The zero-order valence-electron chi connectivity index (χ0n) is 14.8. The molecule has 1 fully saturated rings. The average molecular weight is 312 g/mol. The zero-order chi connectivity index (χ0) is 16.3. The van der Waals surface area contributed by atoms with Crippen molar-refractivity contribution in [2.24, 2.45) is 5.92 Å². The van der Waals surface area contributed by atoms with E-state index >= 15 is 0 Å². The predicted octanol–water partition coefficient (Wildman–Crippen LogP) is 4.57. The van der Waals surface area contributed by atoms with Crippen LogP contribution < -0.4 is 5.32 Å². The number of hydrogen-bond acceptors (Lipinski definition) is 2. The highest BCUT2D eigenvalue weighted by atomic mass is 16.3. The van der Waals surface area contributed by atoms with E-state index in [1.165, 1.54) is 51.4 Å². The Morgan fingerprint density at radius 1 is 1.00 bits per heavy atom. The monoisotopic (exact) mass is 311 g/mol. The Balaban J connectivity index is 2.24. The highest BCUT2D eigenvalue weighted by Gasteiger charge is 2.39. The van der Waals surface area contributed by atoms with Crippen LogP contribution in [0.3, 0.4) is 0 Å². The molecule has 1 saturated carbocycles. The van der Waals surface area contributed by atoms with Gasteiger partial charge >= 0.3 is 0 Å². The van der Waals surface area contributed by atoms with Gasteiger partial charge in [-0.3, -0.25) is 4.79 Å². The van der Waals surface area contributed by atoms with Crippen LogP contribution in [0.15, 0.2) is 0 Å². The molecule has 0 bridgehead atoms. The standard InChI is InChI=1S/C19H37NO2/c1-3-5-7-9-11-17(12-10-8-6-4-2)18(21)20-16-15-19(22)13-14-19/h17,22H,3-16H2,1-2H3,(H,20,21). The van der Waals surface area contributed by atoms with E-state index in [4.69, 9.17) is 0 Å². The molecule has 130 valence electrons. The van der Waals surface area contributed by atoms with Gasteiger partial charge < -0.3 is 10.4 Å². The predicted molar refractivity (Wildman–Crippen MR) is 92.8 cm³/mol. The average Bonchev–Trinajstić information content (AvgIpc) is 3.23. The molecule has 1 rings (SSSR count). The second-order valence-electron chi connectivity index (χ2n) is 7.16. The third-order valence-corrected chi connectivity index (χ3v) is 4.90. The fourth-order valence-corrected chi connectivity index (χ4v) is 3.00. The zero-order valence-corrected chi connectivity index (χ0v) is 14.8. The van der Waals surface area contributed by atoms with E-state index in [9.17, 15) is 9.90 Å². The van der Waals surface area contributed by atoms with Crippen LogP contribution in [0.5, 0.6) is 0 Å². The molecule has 3 heteroatoms. The van der Waals surface area contributed by atoms with Gasteiger partial charge in [0.05, 0.1) is 5.60 Å². The first-order chi connectivity index (χ1) is 10.6. The summed E-state index contributed by atoms with van der Waals surface area (Å²) < 4.78 is 0. The lowest BCUT2D eigenvalue weighted by molar-refractivity contribution is -0.125. The van der Waals surface area contributed by atoms with Crippen LogP contribution in [0, 0.1) is 5.92 Å². The van der Waals surface area contributed by atoms with Crippen LogP contribution >= 0.6 is 0 Å². The summed E-state index contributed by atoms with van der Waals surface area (Å²) in [5, 5.41) is 12.9. The number of carbonyl (C=O) groups excluding carboxylic acids is 1. The molecule has 0 aromatic carbocycles. The lowest BCUT2D eigenvalue weighted by atomic mass is 9.93. The maximum absolute atomic E-state index is 12.4. The lowest BCUT2D eigenvalue weighted by Gasteiger charge is -2.17. The molecule has 0 aromatic rings. The van der Waals surface area contributed by atoms with Crippen molar-refractivity contribution in [3.8, 4) is 0 Å². The fraction of sp³-hybridized carbons (Fsp3) is 0.947. The molecule has 0 aromatic heterocycles. The maximum Gasteiger partial charge on any atom is 0.223 e. The third-order valence-electron chi connectivity index (χ3n) is 4.90. The minimum absolute atomic E-state index is 0.183. The van der Waals surface area contributed by atoms with Gasteiger partial charge in [0.1, 0.15) is 0 Å². The van der Waals surface area contributed by atoms with E-state index < -0.39 is 5.60 Å². The molecular weight excluding hydrogens is 274 g/mol. The number of unbranched alkanes of at least 4 members (excludes halogenated alkanes) is 6. The van der Waals surface area contributed by atoms with Crippen molar-refractivity contribution in [3.05, 3.63) is 0 Å². The Kier molecular flexibility index (Phi) is 9.77. The van der Waals surface area contributed by atoms with Gasteiger partial charge in [-0.1, -0.05) is 65.2 Å². The molecule has 0 heterocycles. The molecule has 0 spiro atoms. The van der Waals surface area contributed by atoms with Crippen molar-refractivity contribution >= 4 is 5.91 Å². The van der Waals surface area contributed by atoms with Crippen LogP contribution in [0.25, 0.3) is 0 Å². The number of hydrogen-bond donors (Lipinski definition) is 2. The molecule has 0 atom stereocenters. The van der Waals surface area contributed by atoms with Crippen molar-refractivity contribution in [2.45, 2.75) is 103 Å². The first-order valence-electron chi connectivity index (χ1n) is 9.61. The van der Waals surface area contributed by atoms with Crippen molar-refractivity contribution < 1.29 is 9.90 Å². The summed E-state index contributed by atoms with van der Waals surface area (Å²) in [5.74, 6) is 0.403. The summed E-state index contributed by atoms with van der Waals surface area (Å²) in [4.78, 5) is 12.4. The Morgan fingerprint density at radius 3 is 2.00 bits per heavy atom. The molecule has 22 heavy (non-hydrogen) atoms. The molecular formula is C19H37NO2. The Labute approximate surface area is 137 Å². The number of nitrogens with one attached hydrogen (secondary N) is 1. The van der Waals surface area contributed by atoms with Crippen LogP contribution in [0.4, 0.5) is 0 Å². The summed E-state index contributed by atoms with van der Waals surface area (Å²) in [6.45, 7) is 5.07. The summed E-state index contributed by atoms with van der Waals surface area (Å²) in [6, 6.07) is 0. The molecule has 1 aliphatic carbocycles. The Morgan fingerprint density at radius 2 is 1.55 bits per heavy atom. The first kappa shape index (κ1) is 19.5. The third kappa shape index (κ3) is 8.77. The Bertz CT molecular complexity index is 288. The summed E-state index contributed by atoms with van der Waals surface area (Å²) in [6.07, 6.45) is 14.5. The van der Waals surface area contributed by atoms with Crippen LogP contribution in [-0.4, -0.2) is 23.2 Å². The van der Waals surface area contributed by atoms with E-state index in [0.29, 0.717) is 6.54 Å². The highest BCUT2D eigenvalue weighted by molar-refractivity contribution is 5.78. The van der Waals surface area contributed by atoms with Crippen LogP contribution in [-0.2, 0) is 4.79 Å². The minimum Gasteiger partial charge on any atom is -0.390 e. The fourth-order valence-electron chi connectivity index (χ4n) is 3.00. The maximum atomic E-state index is 12.4. The normalized spacial score (nSPS) is 16.0. The van der Waals surface area contributed by atoms with E-state index in [1.54, 1.807) is 0 Å². The number of amides is 1. The molecule has 0 radical (unpaired) electrons.